The maximum absolute atomic E-state index is 13.7. The van der Waals surface area contributed by atoms with Crippen molar-refractivity contribution in [2.45, 2.75) is 19.4 Å². The topological polar surface area (TPSA) is 117 Å². The van der Waals surface area contributed by atoms with E-state index in [1.807, 2.05) is 0 Å². The summed E-state index contributed by atoms with van der Waals surface area (Å²) in [7, 11) is 0. The van der Waals surface area contributed by atoms with Crippen molar-refractivity contribution in [1.29, 1.82) is 0 Å². The van der Waals surface area contributed by atoms with Crippen molar-refractivity contribution in [3.63, 3.8) is 0 Å². The molecule has 7 nitrogen and oxygen atoms in total. The van der Waals surface area contributed by atoms with Crippen LogP contribution in [0.3, 0.4) is 0 Å². The molecule has 0 aliphatic heterocycles. The maximum atomic E-state index is 13.7. The molecule has 0 aliphatic carbocycles. The first-order valence-corrected chi connectivity index (χ1v) is 6.30. The minimum Gasteiger partial charge on any atom is -0.364 e. The Hall–Kier alpha value is -2.84. The van der Waals surface area contributed by atoms with Crippen LogP contribution in [0.5, 0.6) is 0 Å². The van der Waals surface area contributed by atoms with Crippen molar-refractivity contribution in [1.82, 2.24) is 15.0 Å². The molecule has 0 fully saturated rings. The van der Waals surface area contributed by atoms with Crippen molar-refractivity contribution in [2.24, 2.45) is 11.5 Å². The minimum absolute atomic E-state index is 0.101. The Morgan fingerprint density at radius 1 is 1.23 bits per heavy atom. The van der Waals surface area contributed by atoms with Gasteiger partial charge in [0.1, 0.15) is 11.6 Å². The molecule has 116 valence electrons. The zero-order chi connectivity index (χ0) is 16.4. The van der Waals surface area contributed by atoms with Gasteiger partial charge in [-0.15, -0.1) is 5.10 Å². The predicted molar refractivity (Wildman–Crippen MR) is 71.8 cm³/mol. The van der Waals surface area contributed by atoms with E-state index in [9.17, 15) is 18.4 Å². The van der Waals surface area contributed by atoms with Gasteiger partial charge >= 0.3 is 0 Å². The maximum Gasteiger partial charge on any atom is 0.271 e. The number of halogens is 2. The second-order valence-corrected chi connectivity index (χ2v) is 4.73. The Morgan fingerprint density at radius 3 is 2.32 bits per heavy atom. The van der Waals surface area contributed by atoms with Crippen molar-refractivity contribution >= 4 is 11.8 Å². The molecule has 1 unspecified atom stereocenters. The Bertz CT molecular complexity index is 724. The summed E-state index contributed by atoms with van der Waals surface area (Å²) in [6.07, 6.45) is 0. The standard InChI is InChI=1S/C13H13F2N5O2/c1-6(9-7(14)3-2-4-8(9)15)5-20-11(13(17)22)10(12(16)21)18-19-20/h2-4,6H,5H2,1H3,(H2,16,21)(H2,17,22). The van der Waals surface area contributed by atoms with Crippen LogP contribution in [-0.2, 0) is 6.54 Å². The number of benzene rings is 1. The quantitative estimate of drug-likeness (QED) is 0.839. The first-order valence-electron chi connectivity index (χ1n) is 6.30. The number of nitrogens with two attached hydrogens (primary N) is 2. The van der Waals surface area contributed by atoms with Crippen LogP contribution in [0.1, 0.15) is 39.4 Å². The summed E-state index contributed by atoms with van der Waals surface area (Å²) in [5, 5.41) is 7.08. The molecule has 1 heterocycles. The molecule has 0 bridgehead atoms. The number of carbonyl (C=O) groups is 2. The van der Waals surface area contributed by atoms with Crippen LogP contribution in [-0.4, -0.2) is 26.8 Å². The highest BCUT2D eigenvalue weighted by Gasteiger charge is 2.24. The molecule has 0 saturated heterocycles. The third-order valence-corrected chi connectivity index (χ3v) is 3.14. The second-order valence-electron chi connectivity index (χ2n) is 4.73. The molecule has 1 atom stereocenters. The minimum atomic E-state index is -0.968. The molecule has 0 spiro atoms. The number of hydrogen-bond acceptors (Lipinski definition) is 4. The van der Waals surface area contributed by atoms with Crippen molar-refractivity contribution < 1.29 is 18.4 Å². The van der Waals surface area contributed by atoms with E-state index >= 15 is 0 Å². The Morgan fingerprint density at radius 2 is 1.82 bits per heavy atom. The molecule has 4 N–H and O–H groups in total. The average molecular weight is 309 g/mol. The fraction of sp³-hybridized carbons (Fsp3) is 0.231. The molecule has 0 radical (unpaired) electrons. The molecular formula is C13H13F2N5O2. The van der Waals surface area contributed by atoms with E-state index in [0.29, 0.717) is 0 Å². The van der Waals surface area contributed by atoms with E-state index in [1.54, 1.807) is 0 Å². The van der Waals surface area contributed by atoms with Gasteiger partial charge in [-0.3, -0.25) is 9.59 Å². The van der Waals surface area contributed by atoms with Gasteiger partial charge in [-0.2, -0.15) is 0 Å². The Balaban J connectivity index is 2.39. The van der Waals surface area contributed by atoms with E-state index in [2.05, 4.69) is 10.3 Å². The Labute approximate surface area is 123 Å². The summed E-state index contributed by atoms with van der Waals surface area (Å²) in [6, 6.07) is 3.50. The lowest BCUT2D eigenvalue weighted by Crippen LogP contribution is -2.24. The van der Waals surface area contributed by atoms with Crippen LogP contribution in [0, 0.1) is 11.6 Å². The smallest absolute Gasteiger partial charge is 0.271 e. The third kappa shape index (κ3) is 2.78. The molecular weight excluding hydrogens is 296 g/mol. The number of aromatic nitrogens is 3. The normalized spacial score (nSPS) is 12.1. The average Bonchev–Trinajstić information content (AvgIpc) is 2.82. The summed E-state index contributed by atoms with van der Waals surface area (Å²) < 4.78 is 28.5. The number of rotatable bonds is 5. The molecule has 0 aliphatic rings. The van der Waals surface area contributed by atoms with Crippen LogP contribution < -0.4 is 11.5 Å². The predicted octanol–water partition coefficient (Wildman–Crippen LogP) is 0.558. The van der Waals surface area contributed by atoms with Gasteiger partial charge in [-0.05, 0) is 12.1 Å². The van der Waals surface area contributed by atoms with Gasteiger partial charge in [0.05, 0.1) is 6.54 Å². The molecule has 2 amide bonds. The van der Waals surface area contributed by atoms with E-state index in [0.717, 1.165) is 16.8 Å². The molecule has 9 heteroatoms. The van der Waals surface area contributed by atoms with Gasteiger partial charge < -0.3 is 11.5 Å². The molecule has 2 aromatic rings. The molecule has 0 saturated carbocycles. The highest BCUT2D eigenvalue weighted by Crippen LogP contribution is 2.24. The monoisotopic (exact) mass is 309 g/mol. The van der Waals surface area contributed by atoms with Gasteiger partial charge in [0, 0.05) is 11.5 Å². The number of carbonyl (C=O) groups excluding carboxylic acids is 2. The van der Waals surface area contributed by atoms with Crippen LogP contribution in [0.2, 0.25) is 0 Å². The van der Waals surface area contributed by atoms with Gasteiger partial charge in [0.2, 0.25) is 0 Å². The Kier molecular flexibility index (Phi) is 4.15. The highest BCUT2D eigenvalue weighted by atomic mass is 19.1. The van der Waals surface area contributed by atoms with Gasteiger partial charge in [-0.25, -0.2) is 13.5 Å². The fourth-order valence-electron chi connectivity index (χ4n) is 2.18. The lowest BCUT2D eigenvalue weighted by Gasteiger charge is -2.14. The van der Waals surface area contributed by atoms with Crippen LogP contribution in [0.25, 0.3) is 0 Å². The molecule has 1 aromatic heterocycles. The number of nitrogens with zero attached hydrogens (tertiary/aromatic N) is 3. The first-order chi connectivity index (χ1) is 10.3. The van der Waals surface area contributed by atoms with Crippen LogP contribution in [0.15, 0.2) is 18.2 Å². The van der Waals surface area contributed by atoms with Gasteiger partial charge in [-0.1, -0.05) is 18.2 Å². The van der Waals surface area contributed by atoms with Gasteiger partial charge in [0.15, 0.2) is 11.4 Å². The fourth-order valence-corrected chi connectivity index (χ4v) is 2.18. The van der Waals surface area contributed by atoms with Gasteiger partial charge in [0.25, 0.3) is 11.8 Å². The third-order valence-electron chi connectivity index (χ3n) is 3.14. The second kappa shape index (κ2) is 5.88. The van der Waals surface area contributed by atoms with E-state index < -0.39 is 29.4 Å². The number of hydrogen-bond donors (Lipinski definition) is 2. The summed E-state index contributed by atoms with van der Waals surface area (Å²) >= 11 is 0. The van der Waals surface area contributed by atoms with Crippen LogP contribution in [0.4, 0.5) is 8.78 Å². The molecule has 22 heavy (non-hydrogen) atoms. The summed E-state index contributed by atoms with van der Waals surface area (Å²) in [6.45, 7) is 1.44. The van der Waals surface area contributed by atoms with E-state index in [-0.39, 0.29) is 23.5 Å². The summed E-state index contributed by atoms with van der Waals surface area (Å²) in [4.78, 5) is 22.6. The lowest BCUT2D eigenvalue weighted by molar-refractivity contribution is 0.0958. The summed E-state index contributed by atoms with van der Waals surface area (Å²) in [5.41, 5.74) is 9.42. The SMILES string of the molecule is CC(Cn1nnc(C(N)=O)c1C(N)=O)c1c(F)cccc1F. The van der Waals surface area contributed by atoms with Crippen LogP contribution >= 0.6 is 0 Å². The van der Waals surface area contributed by atoms with Crippen molar-refractivity contribution in [3.05, 3.63) is 46.8 Å². The first kappa shape index (κ1) is 15.5. The zero-order valence-corrected chi connectivity index (χ0v) is 11.6. The largest absolute Gasteiger partial charge is 0.364 e. The molecule has 2 rings (SSSR count). The van der Waals surface area contributed by atoms with Crippen molar-refractivity contribution in [3.8, 4) is 0 Å². The van der Waals surface area contributed by atoms with E-state index in [4.69, 9.17) is 11.5 Å². The number of amides is 2. The van der Waals surface area contributed by atoms with E-state index in [1.165, 1.54) is 13.0 Å². The highest BCUT2D eigenvalue weighted by molar-refractivity contribution is 6.03. The summed E-state index contributed by atoms with van der Waals surface area (Å²) in [5.74, 6) is -4.04. The van der Waals surface area contributed by atoms with Crippen molar-refractivity contribution in [2.75, 3.05) is 0 Å². The number of primary amides is 2. The molecule has 1 aromatic carbocycles. The zero-order valence-electron chi connectivity index (χ0n) is 11.6. The lowest BCUT2D eigenvalue weighted by atomic mass is 10.00.